The van der Waals surface area contributed by atoms with Crippen LogP contribution in [0.2, 0.25) is 0 Å². The lowest BCUT2D eigenvalue weighted by Crippen LogP contribution is -1.60. The molecule has 0 atom stereocenters. The van der Waals surface area contributed by atoms with Crippen molar-refractivity contribution in [2.24, 2.45) is 0 Å². The van der Waals surface area contributed by atoms with Gasteiger partial charge in [0.1, 0.15) is 0 Å². The van der Waals surface area contributed by atoms with Crippen LogP contribution in [0, 0.1) is 0 Å². The summed E-state index contributed by atoms with van der Waals surface area (Å²) >= 11 is 9.31. The van der Waals surface area contributed by atoms with Gasteiger partial charge in [-0.1, -0.05) is 0 Å². The van der Waals surface area contributed by atoms with Gasteiger partial charge in [-0.15, -0.1) is 47.3 Å². The van der Waals surface area contributed by atoms with Crippen molar-refractivity contribution in [3.05, 3.63) is 0 Å². The highest BCUT2D eigenvalue weighted by molar-refractivity contribution is 9.69. The van der Waals surface area contributed by atoms with E-state index in [4.69, 9.17) is 0 Å². The average molecular weight is 297 g/mol. The standard InChI is InChI=1S/C2H6O.BBr3/c1-3-2;2-1(3)4/h1-2H3;. The van der Waals surface area contributed by atoms with E-state index in [2.05, 4.69) is 52.0 Å². The van der Waals surface area contributed by atoms with Crippen molar-refractivity contribution in [3.8, 4) is 0 Å². The van der Waals surface area contributed by atoms with Crippen molar-refractivity contribution in [2.45, 2.75) is 0 Å². The second kappa shape index (κ2) is 10.4. The Kier molecular flexibility index (Phi) is 16.8. The van der Waals surface area contributed by atoms with Crippen LogP contribution in [0.4, 0.5) is 0 Å². The van der Waals surface area contributed by atoms with Gasteiger partial charge in [0, 0.05) is 14.2 Å². The fourth-order valence-corrected chi connectivity index (χ4v) is 0. The molecule has 7 heavy (non-hydrogen) atoms. The Bertz CT molecular complexity index is 24.1. The van der Waals surface area contributed by atoms with Gasteiger partial charge in [0.2, 0.25) is 0 Å². The fraction of sp³-hybridized carbons (Fsp3) is 1.00. The summed E-state index contributed by atoms with van der Waals surface area (Å²) in [6.45, 7) is 0. The second-order valence-electron chi connectivity index (χ2n) is 0.656. The van der Waals surface area contributed by atoms with E-state index < -0.39 is 0 Å². The van der Waals surface area contributed by atoms with Crippen molar-refractivity contribution in [3.63, 3.8) is 0 Å². The van der Waals surface area contributed by atoms with Crippen LogP contribution in [0.3, 0.4) is 0 Å². The van der Waals surface area contributed by atoms with Crippen molar-refractivity contribution in [1.29, 1.82) is 0 Å². The predicted molar refractivity (Wildman–Crippen MR) is 45.5 cm³/mol. The van der Waals surface area contributed by atoms with Crippen LogP contribution < -0.4 is 0 Å². The summed E-state index contributed by atoms with van der Waals surface area (Å²) in [6.07, 6.45) is 0. The normalized spacial score (nSPS) is 6.43. The Morgan fingerprint density at radius 2 is 1.14 bits per heavy atom. The minimum Gasteiger partial charge on any atom is -0.388 e. The molecule has 1 nitrogen and oxygen atoms in total. The van der Waals surface area contributed by atoms with Gasteiger partial charge in [-0.2, -0.15) is 0 Å². The number of methoxy groups -OCH3 is 1. The molecule has 0 aromatic carbocycles. The van der Waals surface area contributed by atoms with E-state index in [0.29, 0.717) is 0 Å². The molecule has 0 aromatic rings. The van der Waals surface area contributed by atoms with Crippen molar-refractivity contribution in [1.82, 2.24) is 0 Å². The van der Waals surface area contributed by atoms with E-state index in [1.54, 1.807) is 14.2 Å². The maximum Gasteiger partial charge on any atom is 0.369 e. The summed E-state index contributed by atoms with van der Waals surface area (Å²) in [4.78, 5) is 0. The van der Waals surface area contributed by atoms with Gasteiger partial charge in [0.15, 0.2) is 0 Å². The summed E-state index contributed by atoms with van der Waals surface area (Å²) in [5.74, 6) is 0. The first kappa shape index (κ1) is 11.3. The van der Waals surface area contributed by atoms with Crippen molar-refractivity contribution in [2.75, 3.05) is 14.2 Å². The number of hydrogen-bond acceptors (Lipinski definition) is 1. The summed E-state index contributed by atoms with van der Waals surface area (Å²) in [5, 5.41) is 0. The van der Waals surface area contributed by atoms with Crippen LogP contribution in [-0.2, 0) is 4.74 Å². The zero-order valence-corrected chi connectivity index (χ0v) is 8.88. The van der Waals surface area contributed by atoms with E-state index >= 15 is 0 Å². The molecule has 5 heteroatoms. The topological polar surface area (TPSA) is 9.23 Å². The Labute approximate surface area is 69.2 Å². The Hall–Kier alpha value is 1.46. The molecule has 0 unspecified atom stereocenters. The molecule has 0 amide bonds. The molecule has 0 saturated carbocycles. The molecule has 0 rings (SSSR count). The van der Waals surface area contributed by atoms with E-state index in [-0.39, 0.29) is 3.18 Å². The SMILES string of the molecule is BrB(Br)Br.COC. The molecule has 0 fully saturated rings. The van der Waals surface area contributed by atoms with Gasteiger partial charge in [0.25, 0.3) is 0 Å². The first-order valence-electron chi connectivity index (χ1n) is 1.47. The zero-order chi connectivity index (χ0) is 6.28. The molecule has 0 spiro atoms. The van der Waals surface area contributed by atoms with E-state index in [1.807, 2.05) is 0 Å². The predicted octanol–water partition coefficient (Wildman–Crippen LogP) is 2.42. The first-order chi connectivity index (χ1) is 3.15. The zero-order valence-electron chi connectivity index (χ0n) is 4.12. The van der Waals surface area contributed by atoms with Crippen LogP contribution >= 0.6 is 47.3 Å². The Balaban J connectivity index is 0. The highest BCUT2D eigenvalue weighted by atomic mass is 79.9. The third-order valence-corrected chi connectivity index (χ3v) is 0. The fourth-order valence-electron chi connectivity index (χ4n) is 0. The lowest BCUT2D eigenvalue weighted by Gasteiger charge is -1.63. The molecule has 0 radical (unpaired) electrons. The highest BCUT2D eigenvalue weighted by Crippen LogP contribution is 2.07. The largest absolute Gasteiger partial charge is 0.388 e. The van der Waals surface area contributed by atoms with Crippen LogP contribution in [0.5, 0.6) is 0 Å². The van der Waals surface area contributed by atoms with Crippen LogP contribution in [0.15, 0.2) is 0 Å². The number of hydrogen-bond donors (Lipinski definition) is 0. The highest BCUT2D eigenvalue weighted by Gasteiger charge is 1.87. The maximum absolute atomic E-state index is 4.25. The molecule has 44 valence electrons. The van der Waals surface area contributed by atoms with Gasteiger partial charge in [-0.25, -0.2) is 0 Å². The summed E-state index contributed by atoms with van der Waals surface area (Å²) in [7, 11) is 3.25. The number of ether oxygens (including phenoxy) is 1. The Morgan fingerprint density at radius 3 is 1.14 bits per heavy atom. The molecule has 0 aliphatic heterocycles. The van der Waals surface area contributed by atoms with Gasteiger partial charge < -0.3 is 4.74 Å². The van der Waals surface area contributed by atoms with Gasteiger partial charge in [0.05, 0.1) is 0 Å². The number of rotatable bonds is 0. The van der Waals surface area contributed by atoms with Gasteiger partial charge in [-0.05, 0) is 0 Å². The summed E-state index contributed by atoms with van der Waals surface area (Å²) < 4.78 is 4.52. The van der Waals surface area contributed by atoms with Crippen molar-refractivity contribution < 1.29 is 4.74 Å². The van der Waals surface area contributed by atoms with Crippen molar-refractivity contribution >= 4 is 50.5 Å². The molecule has 0 aliphatic rings. The minimum atomic E-state index is 0.271. The first-order valence-corrected chi connectivity index (χ1v) is 4.22. The summed E-state index contributed by atoms with van der Waals surface area (Å²) in [5.41, 5.74) is 0. The molecule has 0 saturated heterocycles. The lowest BCUT2D eigenvalue weighted by atomic mass is 10.8. The average Bonchev–Trinajstić information content (AvgIpc) is 1.33. The quantitative estimate of drug-likeness (QED) is 0.624. The van der Waals surface area contributed by atoms with Gasteiger partial charge in [-0.3, -0.25) is 0 Å². The Morgan fingerprint density at radius 1 is 1.14 bits per heavy atom. The molecular weight excluding hydrogens is 291 g/mol. The maximum atomic E-state index is 4.25. The van der Waals surface area contributed by atoms with E-state index in [0.717, 1.165) is 0 Å². The van der Waals surface area contributed by atoms with Crippen LogP contribution in [0.1, 0.15) is 0 Å². The van der Waals surface area contributed by atoms with Crippen LogP contribution in [0.25, 0.3) is 0 Å². The molecule has 0 aliphatic carbocycles. The molecule has 0 heterocycles. The minimum absolute atomic E-state index is 0.271. The third-order valence-electron chi connectivity index (χ3n) is 0. The van der Waals surface area contributed by atoms with E-state index in [1.165, 1.54) is 0 Å². The molecule has 0 aromatic heterocycles. The van der Waals surface area contributed by atoms with Crippen LogP contribution in [-0.4, -0.2) is 17.4 Å². The second-order valence-corrected chi connectivity index (χ2v) is 7.09. The number of halogens is 3. The lowest BCUT2D eigenvalue weighted by molar-refractivity contribution is 0.277. The smallest absolute Gasteiger partial charge is 0.369 e. The monoisotopic (exact) mass is 294 g/mol. The third kappa shape index (κ3) is 104. The molecule has 0 N–H and O–H groups in total. The van der Waals surface area contributed by atoms with Gasteiger partial charge >= 0.3 is 3.18 Å². The summed E-state index contributed by atoms with van der Waals surface area (Å²) in [6, 6.07) is 0. The molecular formula is C2H6BBr3O. The van der Waals surface area contributed by atoms with E-state index in [9.17, 15) is 0 Å². The molecule has 0 bridgehead atoms.